The molecule has 0 bridgehead atoms. The van der Waals surface area contributed by atoms with Crippen molar-refractivity contribution < 1.29 is 93.8 Å². The Hall–Kier alpha value is -4.44. The molecular formula is C29H54N2O19. The molecule has 0 rings (SSSR count). The fourth-order valence-corrected chi connectivity index (χ4v) is 2.50. The van der Waals surface area contributed by atoms with Gasteiger partial charge in [0.25, 0.3) is 0 Å². The summed E-state index contributed by atoms with van der Waals surface area (Å²) in [5.74, 6) is -10.3. The third kappa shape index (κ3) is 29.7. The van der Waals surface area contributed by atoms with Gasteiger partial charge in [0.15, 0.2) is 11.2 Å². The molecule has 9 N–H and O–H groups in total. The van der Waals surface area contributed by atoms with Crippen molar-refractivity contribution in [2.24, 2.45) is 0 Å². The van der Waals surface area contributed by atoms with Crippen molar-refractivity contribution in [3.63, 3.8) is 0 Å². The highest BCUT2D eigenvalue weighted by molar-refractivity contribution is 5.88. The average Bonchev–Trinajstić information content (AvgIpc) is 2.97. The predicted octanol–water partition coefficient (Wildman–Crippen LogP) is -1.11. The number of aliphatic hydroxyl groups excluding tert-OH is 1. The maximum atomic E-state index is 11.1. The molecule has 0 radical (unpaired) electrons. The molecule has 50 heavy (non-hydrogen) atoms. The number of hydrogen-bond donors (Lipinski definition) is 9. The van der Waals surface area contributed by atoms with Crippen molar-refractivity contribution in [1.29, 1.82) is 0 Å². The highest BCUT2D eigenvalue weighted by atomic mass is 16.5. The maximum Gasteiger partial charge on any atom is 0.336 e. The molecule has 0 fully saturated rings. The normalized spacial score (nSPS) is 11.6. The van der Waals surface area contributed by atoms with E-state index in [4.69, 9.17) is 55.4 Å². The van der Waals surface area contributed by atoms with Crippen LogP contribution in [-0.2, 0) is 47.8 Å². The smallest absolute Gasteiger partial charge is 0.336 e. The van der Waals surface area contributed by atoms with Gasteiger partial charge in [-0.3, -0.25) is 38.6 Å². The first-order valence-corrected chi connectivity index (χ1v) is 14.6. The number of carboxylic acids is 6. The highest BCUT2D eigenvalue weighted by Gasteiger charge is 2.41. The molecule has 0 aliphatic heterocycles. The lowest BCUT2D eigenvalue weighted by Crippen LogP contribution is -2.42. The minimum atomic E-state index is -2.74. The van der Waals surface area contributed by atoms with Gasteiger partial charge in [0, 0.05) is 7.11 Å². The summed E-state index contributed by atoms with van der Waals surface area (Å²) in [5, 5.41) is 74.6. The minimum absolute atomic E-state index is 0.137. The molecule has 294 valence electrons. The molecular weight excluding hydrogens is 680 g/mol. The molecule has 21 heteroatoms. The van der Waals surface area contributed by atoms with Crippen molar-refractivity contribution >= 4 is 47.8 Å². The lowest BCUT2D eigenvalue weighted by Gasteiger charge is -2.18. The Balaban J connectivity index is -0.000000177. The SMILES string of the molecule is CCCOC(=O)C(C)N(C)C.CCCOC(=O)C(C)N(C)C.CO.O=C(O)CC(O)(CC(=O)O)C(=O)O.O=C(O)CC(O)(CC(=O)O)C(=O)O. The summed E-state index contributed by atoms with van der Waals surface area (Å²) >= 11 is 0. The van der Waals surface area contributed by atoms with E-state index in [0.29, 0.717) is 13.2 Å². The van der Waals surface area contributed by atoms with Crippen molar-refractivity contribution in [1.82, 2.24) is 9.80 Å². The van der Waals surface area contributed by atoms with E-state index < -0.39 is 72.7 Å². The average molecular weight is 735 g/mol. The minimum Gasteiger partial charge on any atom is -0.481 e. The Labute approximate surface area is 289 Å². The second-order valence-electron chi connectivity index (χ2n) is 10.6. The van der Waals surface area contributed by atoms with E-state index in [1.54, 1.807) is 0 Å². The lowest BCUT2D eigenvalue weighted by molar-refractivity contribution is -0.170. The number of nitrogens with zero attached hydrogens (tertiary/aromatic N) is 2. The van der Waals surface area contributed by atoms with Crippen molar-refractivity contribution in [3.8, 4) is 0 Å². The molecule has 2 atom stereocenters. The van der Waals surface area contributed by atoms with Gasteiger partial charge in [-0.25, -0.2) is 9.59 Å². The van der Waals surface area contributed by atoms with Gasteiger partial charge in [-0.05, 0) is 54.9 Å². The fourth-order valence-electron chi connectivity index (χ4n) is 2.50. The molecule has 0 aliphatic carbocycles. The second kappa shape index (κ2) is 29.5. The number of ether oxygens (including phenoxy) is 2. The van der Waals surface area contributed by atoms with Crippen LogP contribution in [0.5, 0.6) is 0 Å². The molecule has 0 saturated heterocycles. The van der Waals surface area contributed by atoms with Gasteiger partial charge in [0.2, 0.25) is 0 Å². The van der Waals surface area contributed by atoms with E-state index in [1.165, 1.54) is 0 Å². The Morgan fingerprint density at radius 3 is 0.840 bits per heavy atom. The Morgan fingerprint density at radius 2 is 0.720 bits per heavy atom. The molecule has 0 heterocycles. The highest BCUT2D eigenvalue weighted by Crippen LogP contribution is 2.16. The molecule has 0 amide bonds. The number of hydrogen-bond acceptors (Lipinski definition) is 15. The van der Waals surface area contributed by atoms with E-state index in [-0.39, 0.29) is 24.0 Å². The van der Waals surface area contributed by atoms with Crippen LogP contribution >= 0.6 is 0 Å². The molecule has 0 aromatic rings. The number of likely N-dealkylation sites (N-methyl/N-ethyl adjacent to an activating group) is 2. The van der Waals surface area contributed by atoms with Crippen LogP contribution in [0.1, 0.15) is 66.2 Å². The van der Waals surface area contributed by atoms with Gasteiger partial charge in [-0.1, -0.05) is 13.8 Å². The first-order chi connectivity index (χ1) is 22.7. The van der Waals surface area contributed by atoms with Crippen LogP contribution in [0.4, 0.5) is 0 Å². The summed E-state index contributed by atoms with van der Waals surface area (Å²) in [5.41, 5.74) is -5.48. The van der Waals surface area contributed by atoms with Crippen LogP contribution in [0.15, 0.2) is 0 Å². The zero-order valence-electron chi connectivity index (χ0n) is 29.8. The van der Waals surface area contributed by atoms with Gasteiger partial charge in [0.05, 0.1) is 38.9 Å². The van der Waals surface area contributed by atoms with Crippen molar-refractivity contribution in [2.75, 3.05) is 48.5 Å². The first-order valence-electron chi connectivity index (χ1n) is 14.6. The number of esters is 2. The summed E-state index contributed by atoms with van der Waals surface area (Å²) in [6.07, 6.45) is -2.82. The van der Waals surface area contributed by atoms with Crippen LogP contribution in [0.3, 0.4) is 0 Å². The zero-order valence-corrected chi connectivity index (χ0v) is 29.8. The number of carbonyl (C=O) groups is 8. The second-order valence-corrected chi connectivity index (χ2v) is 10.6. The zero-order chi connectivity index (χ0) is 41.0. The number of aliphatic carboxylic acids is 6. The quantitative estimate of drug-likeness (QED) is 0.0754. The predicted molar refractivity (Wildman–Crippen MR) is 171 cm³/mol. The standard InChI is InChI=1S/2C8H17NO2.2C6H8O7.CH4O/c2*1-5-6-11-8(10)7(2)9(3)4;2*7-3(8)1-6(13,5(11)12)2-4(9)10;1-2/h2*7H,5-6H2,1-4H3;2*13H,1-2H2,(H,7,8)(H,9,10)(H,11,12);2H,1H3. The number of rotatable bonds is 18. The lowest BCUT2D eigenvalue weighted by atomic mass is 9.96. The third-order valence-corrected chi connectivity index (χ3v) is 5.70. The van der Waals surface area contributed by atoms with Crippen LogP contribution in [-0.4, -0.2) is 175 Å². The van der Waals surface area contributed by atoms with E-state index in [0.717, 1.165) is 20.0 Å². The summed E-state index contributed by atoms with van der Waals surface area (Å²) in [6.45, 7) is 8.67. The Kier molecular flexibility index (Phi) is 32.4. The monoisotopic (exact) mass is 734 g/mol. The fraction of sp³-hybridized carbons (Fsp3) is 0.724. The maximum absolute atomic E-state index is 11.1. The molecule has 0 saturated carbocycles. The van der Waals surface area contributed by atoms with Gasteiger partial charge in [-0.2, -0.15) is 0 Å². The van der Waals surface area contributed by atoms with Gasteiger partial charge < -0.3 is 55.4 Å². The van der Waals surface area contributed by atoms with E-state index in [9.17, 15) is 38.4 Å². The summed E-state index contributed by atoms with van der Waals surface area (Å²) < 4.78 is 9.87. The molecule has 0 aromatic carbocycles. The van der Waals surface area contributed by atoms with Gasteiger partial charge in [-0.15, -0.1) is 0 Å². The summed E-state index contributed by atoms with van der Waals surface area (Å²) in [7, 11) is 8.44. The van der Waals surface area contributed by atoms with Gasteiger partial charge >= 0.3 is 47.8 Å². The summed E-state index contributed by atoms with van der Waals surface area (Å²) in [4.78, 5) is 86.8. The van der Waals surface area contributed by atoms with Gasteiger partial charge in [0.1, 0.15) is 12.1 Å². The Bertz CT molecular complexity index is 947. The Morgan fingerprint density at radius 1 is 0.520 bits per heavy atom. The van der Waals surface area contributed by atoms with E-state index in [1.807, 2.05) is 65.7 Å². The number of aliphatic hydroxyl groups is 3. The van der Waals surface area contributed by atoms with Crippen LogP contribution in [0.2, 0.25) is 0 Å². The first kappa shape index (κ1) is 55.0. The van der Waals surface area contributed by atoms with Crippen LogP contribution in [0.25, 0.3) is 0 Å². The number of carbonyl (C=O) groups excluding carboxylic acids is 2. The number of carboxylic acid groups (broad SMARTS) is 6. The van der Waals surface area contributed by atoms with Crippen LogP contribution in [0, 0.1) is 0 Å². The van der Waals surface area contributed by atoms with E-state index in [2.05, 4.69) is 0 Å². The molecule has 0 aromatic heterocycles. The van der Waals surface area contributed by atoms with E-state index >= 15 is 0 Å². The van der Waals surface area contributed by atoms with Crippen molar-refractivity contribution in [2.45, 2.75) is 89.5 Å². The summed E-state index contributed by atoms with van der Waals surface area (Å²) in [6, 6.07) is -0.275. The molecule has 21 nitrogen and oxygen atoms in total. The topological polar surface area (TPSA) is 344 Å². The largest absolute Gasteiger partial charge is 0.481 e. The molecule has 0 aliphatic rings. The van der Waals surface area contributed by atoms with Crippen molar-refractivity contribution in [3.05, 3.63) is 0 Å². The molecule has 2 unspecified atom stereocenters. The molecule has 0 spiro atoms. The third-order valence-electron chi connectivity index (χ3n) is 5.70. The van der Waals surface area contributed by atoms with Crippen LogP contribution < -0.4 is 0 Å².